The Morgan fingerprint density at radius 1 is 1.20 bits per heavy atom. The first-order valence-electron chi connectivity index (χ1n) is 6.84. The quantitative estimate of drug-likeness (QED) is 0.852. The summed E-state index contributed by atoms with van der Waals surface area (Å²) in [6, 6.07) is 13.6. The Bertz CT molecular complexity index is 583. The molecule has 0 aliphatic heterocycles. The summed E-state index contributed by atoms with van der Waals surface area (Å²) in [6.07, 6.45) is 1.58. The van der Waals surface area contributed by atoms with E-state index in [2.05, 4.69) is 30.4 Å². The highest BCUT2D eigenvalue weighted by Gasteiger charge is 2.14. The lowest BCUT2D eigenvalue weighted by atomic mass is 9.96. The number of hydrogen-bond donors (Lipinski definition) is 1. The Morgan fingerprint density at radius 2 is 1.95 bits per heavy atom. The topological polar surface area (TPSA) is 12.0 Å². The normalized spacial score (nSPS) is 12.4. The summed E-state index contributed by atoms with van der Waals surface area (Å²) in [5.74, 6) is -0.318. The summed E-state index contributed by atoms with van der Waals surface area (Å²) in [6.45, 7) is 2.13. The molecule has 0 aromatic heterocycles. The smallest absolute Gasteiger partial charge is 0.145 e. The van der Waals surface area contributed by atoms with Crippen LogP contribution in [0.5, 0.6) is 0 Å². The van der Waals surface area contributed by atoms with E-state index in [0.717, 1.165) is 6.42 Å². The van der Waals surface area contributed by atoms with Gasteiger partial charge >= 0.3 is 0 Å². The zero-order chi connectivity index (χ0) is 14.5. The third kappa shape index (κ3) is 3.38. The summed E-state index contributed by atoms with van der Waals surface area (Å²) in [4.78, 5) is 0. The Balaban J connectivity index is 2.26. The SMILES string of the molecule is CCc1cccc(C(Cc2cccc(Cl)c2F)NC)c1. The molecule has 2 aromatic rings. The number of halogens is 2. The third-order valence-corrected chi connectivity index (χ3v) is 3.86. The lowest BCUT2D eigenvalue weighted by molar-refractivity contribution is 0.554. The summed E-state index contributed by atoms with van der Waals surface area (Å²) in [5.41, 5.74) is 3.10. The molecule has 0 heterocycles. The fraction of sp³-hybridized carbons (Fsp3) is 0.294. The molecule has 0 fully saturated rings. The maximum absolute atomic E-state index is 14.0. The van der Waals surface area contributed by atoms with Crippen LogP contribution in [0.2, 0.25) is 5.02 Å². The van der Waals surface area contributed by atoms with Gasteiger partial charge in [-0.2, -0.15) is 0 Å². The van der Waals surface area contributed by atoms with Crippen LogP contribution in [0.1, 0.15) is 29.7 Å². The highest BCUT2D eigenvalue weighted by Crippen LogP contribution is 2.24. The molecule has 3 heteroatoms. The van der Waals surface area contributed by atoms with E-state index in [1.807, 2.05) is 13.1 Å². The molecule has 2 rings (SSSR count). The molecule has 0 aliphatic carbocycles. The van der Waals surface area contributed by atoms with E-state index < -0.39 is 0 Å². The molecule has 1 nitrogen and oxygen atoms in total. The van der Waals surface area contributed by atoms with Crippen molar-refractivity contribution in [2.45, 2.75) is 25.8 Å². The van der Waals surface area contributed by atoms with Crippen molar-refractivity contribution in [3.05, 3.63) is 70.0 Å². The van der Waals surface area contributed by atoms with Crippen LogP contribution >= 0.6 is 11.6 Å². The fourth-order valence-corrected chi connectivity index (χ4v) is 2.54. The van der Waals surface area contributed by atoms with Gasteiger partial charge in [0.2, 0.25) is 0 Å². The first-order chi connectivity index (χ1) is 9.65. The average Bonchev–Trinajstić information content (AvgIpc) is 2.49. The van der Waals surface area contributed by atoms with E-state index in [4.69, 9.17) is 11.6 Å². The second-order valence-corrected chi connectivity index (χ2v) is 5.26. The van der Waals surface area contributed by atoms with Gasteiger partial charge in [-0.25, -0.2) is 4.39 Å². The van der Waals surface area contributed by atoms with Gasteiger partial charge in [0.25, 0.3) is 0 Å². The maximum Gasteiger partial charge on any atom is 0.145 e. The number of aryl methyl sites for hydroxylation is 1. The molecular formula is C17H19ClFN. The minimum absolute atomic E-state index is 0.0782. The lowest BCUT2D eigenvalue weighted by Gasteiger charge is -2.18. The number of hydrogen-bond acceptors (Lipinski definition) is 1. The highest BCUT2D eigenvalue weighted by atomic mass is 35.5. The molecule has 0 saturated heterocycles. The summed E-state index contributed by atoms with van der Waals surface area (Å²) < 4.78 is 14.0. The maximum atomic E-state index is 14.0. The minimum atomic E-state index is -0.318. The standard InChI is InChI=1S/C17H19ClFN/c1-3-12-6-4-7-13(10-12)16(20-2)11-14-8-5-9-15(18)17(14)19/h4-10,16,20H,3,11H2,1-2H3. The minimum Gasteiger partial charge on any atom is -0.313 e. The Morgan fingerprint density at radius 3 is 2.65 bits per heavy atom. The molecule has 106 valence electrons. The van der Waals surface area contributed by atoms with Gasteiger partial charge in [0, 0.05) is 6.04 Å². The van der Waals surface area contributed by atoms with Crippen molar-refractivity contribution in [2.24, 2.45) is 0 Å². The lowest BCUT2D eigenvalue weighted by Crippen LogP contribution is -2.19. The molecule has 0 spiro atoms. The number of nitrogens with one attached hydrogen (secondary N) is 1. The second-order valence-electron chi connectivity index (χ2n) is 4.86. The molecule has 0 bridgehead atoms. The van der Waals surface area contributed by atoms with Crippen molar-refractivity contribution in [3.8, 4) is 0 Å². The molecule has 0 amide bonds. The van der Waals surface area contributed by atoms with E-state index in [1.54, 1.807) is 18.2 Å². The van der Waals surface area contributed by atoms with E-state index in [1.165, 1.54) is 11.1 Å². The van der Waals surface area contributed by atoms with Gasteiger partial charge in [-0.3, -0.25) is 0 Å². The predicted molar refractivity (Wildman–Crippen MR) is 82.7 cm³/mol. The second kappa shape index (κ2) is 6.87. The van der Waals surface area contributed by atoms with Crippen LogP contribution in [0.4, 0.5) is 4.39 Å². The molecule has 1 unspecified atom stereocenters. The molecule has 0 radical (unpaired) electrons. The van der Waals surface area contributed by atoms with Crippen molar-refractivity contribution in [3.63, 3.8) is 0 Å². The largest absolute Gasteiger partial charge is 0.313 e. The van der Waals surface area contributed by atoms with Crippen molar-refractivity contribution >= 4 is 11.6 Å². The van der Waals surface area contributed by atoms with Crippen LogP contribution in [0.25, 0.3) is 0 Å². The number of likely N-dealkylation sites (N-methyl/N-ethyl adjacent to an activating group) is 1. The van der Waals surface area contributed by atoms with E-state index in [-0.39, 0.29) is 16.9 Å². The van der Waals surface area contributed by atoms with E-state index in [0.29, 0.717) is 12.0 Å². The highest BCUT2D eigenvalue weighted by molar-refractivity contribution is 6.30. The number of benzene rings is 2. The molecule has 0 saturated carbocycles. The Labute approximate surface area is 124 Å². The Kier molecular flexibility index (Phi) is 5.16. The van der Waals surface area contributed by atoms with Crippen LogP contribution in [0.15, 0.2) is 42.5 Å². The predicted octanol–water partition coefficient (Wildman–Crippen LogP) is 4.54. The fourth-order valence-electron chi connectivity index (χ4n) is 2.34. The van der Waals surface area contributed by atoms with E-state index in [9.17, 15) is 4.39 Å². The van der Waals surface area contributed by atoms with E-state index >= 15 is 0 Å². The van der Waals surface area contributed by atoms with Crippen LogP contribution < -0.4 is 5.32 Å². The monoisotopic (exact) mass is 291 g/mol. The first-order valence-corrected chi connectivity index (χ1v) is 7.22. The zero-order valence-corrected chi connectivity index (χ0v) is 12.5. The van der Waals surface area contributed by atoms with Crippen molar-refractivity contribution < 1.29 is 4.39 Å². The van der Waals surface area contributed by atoms with Crippen molar-refractivity contribution in [2.75, 3.05) is 7.05 Å². The molecule has 20 heavy (non-hydrogen) atoms. The van der Waals surface area contributed by atoms with Gasteiger partial charge < -0.3 is 5.32 Å². The third-order valence-electron chi connectivity index (χ3n) is 3.57. The van der Waals surface area contributed by atoms with Crippen LogP contribution in [0, 0.1) is 5.82 Å². The van der Waals surface area contributed by atoms with Gasteiger partial charge in [0.05, 0.1) is 5.02 Å². The van der Waals surface area contributed by atoms with Crippen LogP contribution in [-0.2, 0) is 12.8 Å². The average molecular weight is 292 g/mol. The number of rotatable bonds is 5. The van der Waals surface area contributed by atoms with Gasteiger partial charge in [0.15, 0.2) is 0 Å². The molecule has 0 aliphatic rings. The van der Waals surface area contributed by atoms with Crippen molar-refractivity contribution in [1.29, 1.82) is 0 Å². The summed E-state index contributed by atoms with van der Waals surface area (Å²) in [5, 5.41) is 3.44. The van der Waals surface area contributed by atoms with Crippen molar-refractivity contribution in [1.82, 2.24) is 5.32 Å². The summed E-state index contributed by atoms with van der Waals surface area (Å²) in [7, 11) is 1.89. The van der Waals surface area contributed by atoms with Gasteiger partial charge in [-0.1, -0.05) is 54.9 Å². The van der Waals surface area contributed by atoms with Gasteiger partial charge in [0.1, 0.15) is 5.82 Å². The molecule has 1 atom stereocenters. The molecular weight excluding hydrogens is 273 g/mol. The zero-order valence-electron chi connectivity index (χ0n) is 11.8. The summed E-state index contributed by atoms with van der Waals surface area (Å²) >= 11 is 5.84. The van der Waals surface area contributed by atoms with Crippen LogP contribution in [-0.4, -0.2) is 7.05 Å². The van der Waals surface area contributed by atoms with Gasteiger partial charge in [-0.05, 0) is 42.6 Å². The van der Waals surface area contributed by atoms with Gasteiger partial charge in [-0.15, -0.1) is 0 Å². The first kappa shape index (κ1) is 15.0. The Hall–Kier alpha value is -1.38. The molecule has 1 N–H and O–H groups in total. The molecule has 2 aromatic carbocycles. The van der Waals surface area contributed by atoms with Crippen LogP contribution in [0.3, 0.4) is 0 Å².